The van der Waals surface area contributed by atoms with Crippen LogP contribution in [0.5, 0.6) is 5.75 Å². The minimum Gasteiger partial charge on any atom is -0.484 e. The Hall–Kier alpha value is -1.60. The molecule has 2 aromatic rings. The van der Waals surface area contributed by atoms with E-state index >= 15 is 0 Å². The summed E-state index contributed by atoms with van der Waals surface area (Å²) in [5.41, 5.74) is 1.98. The van der Waals surface area contributed by atoms with E-state index < -0.39 is 0 Å². The standard InChI is InChI=1S/C16H17IN2O2/c1-18-10-12-6-8-13(9-7-12)21-11-16(20)19-15-5-3-2-4-14(15)17/h2-9,18H,10-11H2,1H3,(H,19,20). The maximum Gasteiger partial charge on any atom is 0.262 e. The van der Waals surface area contributed by atoms with E-state index in [9.17, 15) is 4.79 Å². The first kappa shape index (κ1) is 15.8. The molecule has 5 heteroatoms. The summed E-state index contributed by atoms with van der Waals surface area (Å²) in [5, 5.41) is 5.91. The lowest BCUT2D eigenvalue weighted by Gasteiger charge is -2.09. The minimum absolute atomic E-state index is 0.00362. The number of anilines is 1. The van der Waals surface area contributed by atoms with Crippen molar-refractivity contribution in [2.24, 2.45) is 0 Å². The van der Waals surface area contributed by atoms with Gasteiger partial charge in [-0.15, -0.1) is 0 Å². The zero-order valence-electron chi connectivity index (χ0n) is 11.7. The van der Waals surface area contributed by atoms with Crippen LogP contribution in [0.15, 0.2) is 48.5 Å². The first-order valence-electron chi connectivity index (χ1n) is 6.60. The fourth-order valence-corrected chi connectivity index (χ4v) is 2.33. The van der Waals surface area contributed by atoms with E-state index in [1.54, 1.807) is 0 Å². The lowest BCUT2D eigenvalue weighted by Crippen LogP contribution is -2.20. The number of halogens is 1. The lowest BCUT2D eigenvalue weighted by atomic mass is 10.2. The van der Waals surface area contributed by atoms with E-state index in [0.717, 1.165) is 15.8 Å². The van der Waals surface area contributed by atoms with Crippen LogP contribution in [0, 0.1) is 3.57 Å². The summed E-state index contributed by atoms with van der Waals surface area (Å²) >= 11 is 2.18. The molecule has 21 heavy (non-hydrogen) atoms. The SMILES string of the molecule is CNCc1ccc(OCC(=O)Nc2ccccc2I)cc1. The van der Waals surface area contributed by atoms with Crippen LogP contribution in [-0.4, -0.2) is 19.6 Å². The molecule has 0 aromatic heterocycles. The van der Waals surface area contributed by atoms with Gasteiger partial charge in [0.05, 0.1) is 5.69 Å². The molecule has 1 amide bonds. The fraction of sp³-hybridized carbons (Fsp3) is 0.188. The van der Waals surface area contributed by atoms with E-state index in [4.69, 9.17) is 4.74 Å². The van der Waals surface area contributed by atoms with Gasteiger partial charge in [0.15, 0.2) is 6.61 Å². The summed E-state index contributed by atoms with van der Waals surface area (Å²) in [4.78, 5) is 11.9. The molecule has 0 bridgehead atoms. The topological polar surface area (TPSA) is 50.4 Å². The highest BCUT2D eigenvalue weighted by atomic mass is 127. The maximum absolute atomic E-state index is 11.9. The van der Waals surface area contributed by atoms with Crippen molar-refractivity contribution in [3.05, 3.63) is 57.7 Å². The highest BCUT2D eigenvalue weighted by Gasteiger charge is 2.06. The average molecular weight is 396 g/mol. The molecule has 2 aromatic carbocycles. The molecule has 0 aliphatic carbocycles. The molecule has 0 aliphatic heterocycles. The Morgan fingerprint density at radius 3 is 2.52 bits per heavy atom. The quantitative estimate of drug-likeness (QED) is 0.739. The Bertz CT molecular complexity index is 599. The summed E-state index contributed by atoms with van der Waals surface area (Å²) in [5.74, 6) is 0.520. The van der Waals surface area contributed by atoms with Crippen LogP contribution in [0.2, 0.25) is 0 Å². The van der Waals surface area contributed by atoms with Gasteiger partial charge in [-0.05, 0) is 59.5 Å². The fourth-order valence-electron chi connectivity index (χ4n) is 1.81. The number of rotatable bonds is 6. The van der Waals surface area contributed by atoms with Gasteiger partial charge in [-0.1, -0.05) is 24.3 Å². The number of amides is 1. The second-order valence-electron chi connectivity index (χ2n) is 4.49. The molecule has 0 atom stereocenters. The van der Waals surface area contributed by atoms with E-state index in [0.29, 0.717) is 5.75 Å². The molecule has 0 fully saturated rings. The number of para-hydroxylation sites is 1. The van der Waals surface area contributed by atoms with Gasteiger partial charge in [-0.25, -0.2) is 0 Å². The molecule has 0 saturated heterocycles. The van der Waals surface area contributed by atoms with Crippen molar-refractivity contribution in [1.82, 2.24) is 5.32 Å². The van der Waals surface area contributed by atoms with Crippen LogP contribution in [0.3, 0.4) is 0 Å². The number of ether oxygens (including phenoxy) is 1. The number of carbonyl (C=O) groups excluding carboxylic acids is 1. The highest BCUT2D eigenvalue weighted by molar-refractivity contribution is 14.1. The van der Waals surface area contributed by atoms with Crippen LogP contribution in [0.1, 0.15) is 5.56 Å². The van der Waals surface area contributed by atoms with Crippen LogP contribution >= 0.6 is 22.6 Å². The Morgan fingerprint density at radius 1 is 1.14 bits per heavy atom. The van der Waals surface area contributed by atoms with Crippen LogP contribution in [0.25, 0.3) is 0 Å². The Morgan fingerprint density at radius 2 is 1.86 bits per heavy atom. The first-order valence-corrected chi connectivity index (χ1v) is 7.67. The third kappa shape index (κ3) is 5.02. The molecule has 2 rings (SSSR count). The highest BCUT2D eigenvalue weighted by Crippen LogP contribution is 2.17. The summed E-state index contributed by atoms with van der Waals surface area (Å²) in [6, 6.07) is 15.3. The predicted octanol–water partition coefficient (Wildman–Crippen LogP) is 3.03. The Labute approximate surface area is 138 Å². The number of carbonyl (C=O) groups is 1. The van der Waals surface area contributed by atoms with Crippen molar-refractivity contribution < 1.29 is 9.53 Å². The zero-order valence-corrected chi connectivity index (χ0v) is 13.9. The van der Waals surface area contributed by atoms with Crippen molar-refractivity contribution in [1.29, 1.82) is 0 Å². The molecule has 0 heterocycles. The van der Waals surface area contributed by atoms with Crippen molar-refractivity contribution in [3.8, 4) is 5.75 Å². The summed E-state index contributed by atoms with van der Waals surface area (Å²) < 4.78 is 6.48. The molecule has 0 unspecified atom stereocenters. The molecule has 0 aliphatic rings. The third-order valence-corrected chi connectivity index (χ3v) is 3.76. The lowest BCUT2D eigenvalue weighted by molar-refractivity contribution is -0.118. The number of nitrogens with one attached hydrogen (secondary N) is 2. The van der Waals surface area contributed by atoms with Crippen molar-refractivity contribution in [3.63, 3.8) is 0 Å². The van der Waals surface area contributed by atoms with E-state index in [2.05, 4.69) is 33.2 Å². The van der Waals surface area contributed by atoms with E-state index in [1.807, 2.05) is 55.6 Å². The normalized spacial score (nSPS) is 10.2. The Kier molecular flexibility index (Phi) is 6.01. The summed E-state index contributed by atoms with van der Waals surface area (Å²) in [6.07, 6.45) is 0. The maximum atomic E-state index is 11.9. The first-order chi connectivity index (χ1) is 10.2. The molecular formula is C16H17IN2O2. The van der Waals surface area contributed by atoms with Gasteiger partial charge >= 0.3 is 0 Å². The van der Waals surface area contributed by atoms with E-state index in [-0.39, 0.29) is 12.5 Å². The second kappa shape index (κ2) is 7.99. The number of benzene rings is 2. The van der Waals surface area contributed by atoms with Gasteiger partial charge in [0.1, 0.15) is 5.75 Å². The average Bonchev–Trinajstić information content (AvgIpc) is 2.49. The second-order valence-corrected chi connectivity index (χ2v) is 5.65. The van der Waals surface area contributed by atoms with E-state index in [1.165, 1.54) is 5.56 Å². The number of hydrogen-bond donors (Lipinski definition) is 2. The molecular weight excluding hydrogens is 379 g/mol. The number of hydrogen-bond acceptors (Lipinski definition) is 3. The van der Waals surface area contributed by atoms with Crippen molar-refractivity contribution in [2.45, 2.75) is 6.54 Å². The molecule has 2 N–H and O–H groups in total. The van der Waals surface area contributed by atoms with Crippen LogP contribution < -0.4 is 15.4 Å². The summed E-state index contributed by atoms with van der Waals surface area (Å²) in [7, 11) is 1.90. The van der Waals surface area contributed by atoms with Gasteiger partial charge in [0.25, 0.3) is 5.91 Å². The molecule has 0 spiro atoms. The molecule has 0 saturated carbocycles. The summed E-state index contributed by atoms with van der Waals surface area (Å²) in [6.45, 7) is 0.809. The monoisotopic (exact) mass is 396 g/mol. The molecule has 110 valence electrons. The van der Waals surface area contributed by atoms with Gasteiger partial charge < -0.3 is 15.4 Å². The largest absolute Gasteiger partial charge is 0.484 e. The van der Waals surface area contributed by atoms with Gasteiger partial charge in [0.2, 0.25) is 0 Å². The predicted molar refractivity (Wildman–Crippen MR) is 92.5 cm³/mol. The third-order valence-electron chi connectivity index (χ3n) is 2.82. The van der Waals surface area contributed by atoms with Gasteiger partial charge in [-0.2, -0.15) is 0 Å². The Balaban J connectivity index is 1.85. The van der Waals surface area contributed by atoms with Gasteiger partial charge in [-0.3, -0.25) is 4.79 Å². The smallest absolute Gasteiger partial charge is 0.262 e. The minimum atomic E-state index is -0.168. The molecule has 0 radical (unpaired) electrons. The van der Waals surface area contributed by atoms with Crippen molar-refractivity contribution in [2.75, 3.05) is 19.0 Å². The van der Waals surface area contributed by atoms with Crippen molar-refractivity contribution >= 4 is 34.2 Å². The zero-order chi connectivity index (χ0) is 15.1. The van der Waals surface area contributed by atoms with Crippen LogP contribution in [-0.2, 0) is 11.3 Å². The van der Waals surface area contributed by atoms with Crippen LogP contribution in [0.4, 0.5) is 5.69 Å². The van der Waals surface area contributed by atoms with Gasteiger partial charge in [0, 0.05) is 10.1 Å². The molecule has 4 nitrogen and oxygen atoms in total.